The first-order valence-corrected chi connectivity index (χ1v) is 17.9. The van der Waals surface area contributed by atoms with Gasteiger partial charge in [-0.1, -0.05) is 89.8 Å². The maximum absolute atomic E-state index is 13.3. The predicted molar refractivity (Wildman–Crippen MR) is 193 cm³/mol. The van der Waals surface area contributed by atoms with Crippen molar-refractivity contribution in [2.24, 2.45) is 17.3 Å². The number of aliphatic carboxylic acids is 1. The Balaban J connectivity index is 1.36. The number of aromatic nitrogens is 2. The van der Waals surface area contributed by atoms with Gasteiger partial charge in [0.2, 0.25) is 11.8 Å². The van der Waals surface area contributed by atoms with Crippen LogP contribution in [0.3, 0.4) is 0 Å². The lowest BCUT2D eigenvalue weighted by Gasteiger charge is -2.36. The largest absolute Gasteiger partial charge is 0.494 e. The number of amides is 2. The van der Waals surface area contributed by atoms with Crippen molar-refractivity contribution in [1.82, 2.24) is 20.6 Å². The fourth-order valence-corrected chi connectivity index (χ4v) is 6.39. The van der Waals surface area contributed by atoms with E-state index in [9.17, 15) is 19.5 Å². The van der Waals surface area contributed by atoms with E-state index in [1.807, 2.05) is 48.5 Å². The molecule has 1 saturated carbocycles. The SMILES string of the molecule is CCCCCCCOc1ccc(-c2cnc(-c3ccc(C[C@H](NC(=O)C4CCC(C(C)(C)C)CC4)C(=O)N[C@H](C)C(=O)O)cc3)nc2)cc1. The lowest BCUT2D eigenvalue weighted by molar-refractivity contribution is -0.141. The lowest BCUT2D eigenvalue weighted by atomic mass is 9.69. The van der Waals surface area contributed by atoms with Gasteiger partial charge >= 0.3 is 5.97 Å². The van der Waals surface area contributed by atoms with Crippen molar-refractivity contribution in [3.63, 3.8) is 0 Å². The standard InChI is InChI=1S/C40H54N4O5/c1-6-7-8-9-10-23-49-34-21-17-29(18-22-34)32-25-41-36(42-26-32)30-13-11-28(12-14-30)24-35(38(46)43-27(2)39(47)48)44-37(45)31-15-19-33(20-16-31)40(3,4)5/h11-14,17-18,21-22,25-27,31,33,35H,6-10,15-16,19-20,23-24H2,1-5H3,(H,43,46)(H,44,45)(H,47,48)/t27-,31?,33?,35+/m1/s1. The Kier molecular flexibility index (Phi) is 13.7. The van der Waals surface area contributed by atoms with E-state index in [2.05, 4.69) is 48.3 Å². The highest BCUT2D eigenvalue weighted by atomic mass is 16.5. The highest BCUT2D eigenvalue weighted by Crippen LogP contribution is 2.40. The monoisotopic (exact) mass is 670 g/mol. The molecule has 1 aliphatic carbocycles. The van der Waals surface area contributed by atoms with E-state index >= 15 is 0 Å². The third-order valence-electron chi connectivity index (χ3n) is 9.69. The molecule has 3 aromatic rings. The fourth-order valence-electron chi connectivity index (χ4n) is 6.39. The first-order chi connectivity index (χ1) is 23.4. The van der Waals surface area contributed by atoms with Crippen LogP contribution in [0.5, 0.6) is 5.75 Å². The zero-order chi connectivity index (χ0) is 35.4. The maximum Gasteiger partial charge on any atom is 0.325 e. The van der Waals surface area contributed by atoms with Crippen LogP contribution in [0.2, 0.25) is 0 Å². The molecule has 0 bridgehead atoms. The topological polar surface area (TPSA) is 131 Å². The molecule has 0 unspecified atom stereocenters. The number of unbranched alkanes of at least 4 members (excludes halogenated alkanes) is 4. The van der Waals surface area contributed by atoms with Crippen molar-refractivity contribution >= 4 is 17.8 Å². The molecular weight excluding hydrogens is 616 g/mol. The minimum Gasteiger partial charge on any atom is -0.494 e. The molecule has 3 N–H and O–H groups in total. The normalized spacial score (nSPS) is 17.5. The second-order valence-corrected chi connectivity index (χ2v) is 14.5. The third-order valence-corrected chi connectivity index (χ3v) is 9.69. The minimum absolute atomic E-state index is 0.152. The molecule has 0 saturated heterocycles. The number of carbonyl (C=O) groups excluding carboxylic acids is 2. The van der Waals surface area contributed by atoms with Crippen molar-refractivity contribution in [2.75, 3.05) is 6.61 Å². The van der Waals surface area contributed by atoms with Gasteiger partial charge in [0.15, 0.2) is 5.82 Å². The molecule has 1 aromatic heterocycles. The molecule has 1 aliphatic rings. The summed E-state index contributed by atoms with van der Waals surface area (Å²) in [6.07, 6.45) is 13.4. The van der Waals surface area contributed by atoms with Gasteiger partial charge in [0.05, 0.1) is 6.61 Å². The summed E-state index contributed by atoms with van der Waals surface area (Å²) in [6.45, 7) is 11.1. The van der Waals surface area contributed by atoms with E-state index in [1.165, 1.54) is 32.6 Å². The second kappa shape index (κ2) is 17.9. The summed E-state index contributed by atoms with van der Waals surface area (Å²) in [7, 11) is 0. The van der Waals surface area contributed by atoms with Crippen LogP contribution < -0.4 is 15.4 Å². The van der Waals surface area contributed by atoms with Crippen LogP contribution in [0.1, 0.15) is 98.0 Å². The Labute approximate surface area is 291 Å². The molecule has 1 fully saturated rings. The lowest BCUT2D eigenvalue weighted by Crippen LogP contribution is -2.53. The summed E-state index contributed by atoms with van der Waals surface area (Å²) in [6, 6.07) is 13.6. The van der Waals surface area contributed by atoms with E-state index in [-0.39, 0.29) is 23.7 Å². The number of carboxylic acids is 1. The Morgan fingerprint density at radius 3 is 2.04 bits per heavy atom. The maximum atomic E-state index is 13.3. The number of rotatable bonds is 16. The van der Waals surface area contributed by atoms with E-state index < -0.39 is 24.0 Å². The summed E-state index contributed by atoms with van der Waals surface area (Å²) < 4.78 is 5.89. The van der Waals surface area contributed by atoms with Gasteiger partial charge in [0.25, 0.3) is 0 Å². The molecule has 1 heterocycles. The summed E-state index contributed by atoms with van der Waals surface area (Å²) >= 11 is 0. The van der Waals surface area contributed by atoms with Crippen molar-refractivity contribution in [3.05, 3.63) is 66.5 Å². The van der Waals surface area contributed by atoms with Crippen LogP contribution in [0.25, 0.3) is 22.5 Å². The van der Waals surface area contributed by atoms with Gasteiger partial charge in [-0.05, 0) is 73.6 Å². The summed E-state index contributed by atoms with van der Waals surface area (Å²) in [5.41, 5.74) is 3.74. The molecule has 2 amide bonds. The molecule has 264 valence electrons. The highest BCUT2D eigenvalue weighted by Gasteiger charge is 2.34. The minimum atomic E-state index is -1.14. The number of nitrogens with zero attached hydrogens (tertiary/aromatic N) is 2. The average Bonchev–Trinajstić information content (AvgIpc) is 3.09. The number of benzene rings is 2. The number of nitrogens with one attached hydrogen (secondary N) is 2. The van der Waals surface area contributed by atoms with Gasteiger partial charge in [-0.15, -0.1) is 0 Å². The summed E-state index contributed by atoms with van der Waals surface area (Å²) in [5.74, 6) is 0.0236. The highest BCUT2D eigenvalue weighted by molar-refractivity contribution is 5.91. The van der Waals surface area contributed by atoms with E-state index in [0.717, 1.165) is 66.7 Å². The predicted octanol–water partition coefficient (Wildman–Crippen LogP) is 7.63. The van der Waals surface area contributed by atoms with Gasteiger partial charge in [0, 0.05) is 35.9 Å². The van der Waals surface area contributed by atoms with Gasteiger partial charge in [-0.3, -0.25) is 14.4 Å². The fraction of sp³-hybridized carbons (Fsp3) is 0.525. The second-order valence-electron chi connectivity index (χ2n) is 14.5. The van der Waals surface area contributed by atoms with Crippen LogP contribution in [-0.4, -0.2) is 51.5 Å². The van der Waals surface area contributed by atoms with Crippen LogP contribution in [-0.2, 0) is 20.8 Å². The van der Waals surface area contributed by atoms with Crippen LogP contribution in [0.4, 0.5) is 0 Å². The van der Waals surface area contributed by atoms with Gasteiger partial charge < -0.3 is 20.5 Å². The molecule has 0 aliphatic heterocycles. The molecule has 9 heteroatoms. The first-order valence-electron chi connectivity index (χ1n) is 17.9. The van der Waals surface area contributed by atoms with E-state index in [4.69, 9.17) is 4.74 Å². The average molecular weight is 671 g/mol. The Morgan fingerprint density at radius 1 is 0.837 bits per heavy atom. The summed E-state index contributed by atoms with van der Waals surface area (Å²) in [5, 5.41) is 14.8. The number of carbonyl (C=O) groups is 3. The van der Waals surface area contributed by atoms with Crippen molar-refractivity contribution in [1.29, 1.82) is 0 Å². The Bertz CT molecular complexity index is 1490. The molecule has 2 aromatic carbocycles. The number of carboxylic acid groups (broad SMARTS) is 1. The molecule has 9 nitrogen and oxygen atoms in total. The van der Waals surface area contributed by atoms with Crippen LogP contribution >= 0.6 is 0 Å². The van der Waals surface area contributed by atoms with Crippen LogP contribution in [0, 0.1) is 17.3 Å². The molecule has 0 spiro atoms. The third kappa shape index (κ3) is 11.4. The molecule has 49 heavy (non-hydrogen) atoms. The summed E-state index contributed by atoms with van der Waals surface area (Å²) in [4.78, 5) is 47.1. The molecule has 4 rings (SSSR count). The van der Waals surface area contributed by atoms with E-state index in [1.54, 1.807) is 12.4 Å². The van der Waals surface area contributed by atoms with Gasteiger partial charge in [-0.25, -0.2) is 9.97 Å². The zero-order valence-corrected chi connectivity index (χ0v) is 29.8. The smallest absolute Gasteiger partial charge is 0.325 e. The number of ether oxygens (including phenoxy) is 1. The molecule has 0 radical (unpaired) electrons. The number of hydrogen-bond acceptors (Lipinski definition) is 6. The Hall–Kier alpha value is -4.27. The quantitative estimate of drug-likeness (QED) is 0.134. The van der Waals surface area contributed by atoms with Gasteiger partial charge in [-0.2, -0.15) is 0 Å². The first kappa shape index (κ1) is 37.5. The molecule has 2 atom stereocenters. The van der Waals surface area contributed by atoms with Crippen LogP contribution in [0.15, 0.2) is 60.9 Å². The van der Waals surface area contributed by atoms with Gasteiger partial charge in [0.1, 0.15) is 17.8 Å². The molecular formula is C40H54N4O5. The van der Waals surface area contributed by atoms with Crippen molar-refractivity contribution in [3.8, 4) is 28.3 Å². The number of hydrogen-bond donors (Lipinski definition) is 3. The zero-order valence-electron chi connectivity index (χ0n) is 29.8. The van der Waals surface area contributed by atoms with E-state index in [0.29, 0.717) is 11.7 Å². The van der Waals surface area contributed by atoms with Crippen molar-refractivity contribution < 1.29 is 24.2 Å². The Morgan fingerprint density at radius 2 is 1.45 bits per heavy atom. The van der Waals surface area contributed by atoms with Crippen molar-refractivity contribution in [2.45, 2.75) is 111 Å².